The van der Waals surface area contributed by atoms with Crippen molar-refractivity contribution in [3.63, 3.8) is 0 Å². The maximum Gasteiger partial charge on any atom is 0.507 e. The van der Waals surface area contributed by atoms with Crippen LogP contribution in [0.3, 0.4) is 0 Å². The summed E-state index contributed by atoms with van der Waals surface area (Å²) in [6, 6.07) is 1.55. The van der Waals surface area contributed by atoms with Crippen molar-refractivity contribution >= 4 is 12.7 Å². The van der Waals surface area contributed by atoms with Crippen LogP contribution in [0.2, 0.25) is 0 Å². The molecule has 0 aliphatic carbocycles. The lowest BCUT2D eigenvalue weighted by atomic mass is 9.86. The molecule has 0 saturated heterocycles. The molecule has 15 heavy (non-hydrogen) atoms. The summed E-state index contributed by atoms with van der Waals surface area (Å²) in [6.07, 6.45) is 1.80. The van der Waals surface area contributed by atoms with Gasteiger partial charge in [0.15, 0.2) is 6.29 Å². The minimum Gasteiger partial charge on any atom is -0.422 e. The van der Waals surface area contributed by atoms with Gasteiger partial charge in [0.2, 0.25) is 0 Å². The van der Waals surface area contributed by atoms with Crippen LogP contribution < -0.4 is 5.59 Å². The van der Waals surface area contributed by atoms with Crippen LogP contribution in [0.4, 0.5) is 0 Å². The van der Waals surface area contributed by atoms with Crippen molar-refractivity contribution in [1.29, 1.82) is 0 Å². The first-order valence-corrected chi connectivity index (χ1v) is 4.62. The van der Waals surface area contributed by atoms with Gasteiger partial charge in [0.05, 0.1) is 5.59 Å². The fraction of sp³-hybridized carbons (Fsp3) is 0.625. The van der Waals surface area contributed by atoms with Crippen LogP contribution >= 0.6 is 0 Å². The Morgan fingerprint density at radius 2 is 2.13 bits per heavy atom. The van der Waals surface area contributed by atoms with Crippen LogP contribution in [0, 0.1) is 0 Å². The van der Waals surface area contributed by atoms with Gasteiger partial charge < -0.3 is 19.5 Å². The maximum atomic E-state index is 9.01. The molecule has 0 amide bonds. The number of rotatable bonds is 6. The number of ether oxygens (including phenoxy) is 2. The zero-order valence-electron chi connectivity index (χ0n) is 8.83. The molecule has 1 rings (SSSR count). The average molecular weight is 214 g/mol. The highest BCUT2D eigenvalue weighted by atomic mass is 16.7. The van der Waals surface area contributed by atoms with Crippen molar-refractivity contribution in [3.8, 4) is 0 Å². The Bertz CT molecular complexity index is 288. The van der Waals surface area contributed by atoms with Gasteiger partial charge in [-0.1, -0.05) is 0 Å². The molecule has 7 heteroatoms. The van der Waals surface area contributed by atoms with Crippen LogP contribution in [0.15, 0.2) is 12.3 Å². The molecule has 0 aromatic carbocycles. The zero-order valence-corrected chi connectivity index (χ0v) is 8.83. The van der Waals surface area contributed by atoms with Crippen molar-refractivity contribution in [2.75, 3.05) is 14.2 Å². The van der Waals surface area contributed by atoms with E-state index in [1.807, 2.05) is 0 Å². The second-order valence-electron chi connectivity index (χ2n) is 3.04. The Kier molecular flexibility index (Phi) is 4.77. The van der Waals surface area contributed by atoms with E-state index in [9.17, 15) is 0 Å². The van der Waals surface area contributed by atoms with E-state index in [0.29, 0.717) is 18.6 Å². The van der Waals surface area contributed by atoms with Gasteiger partial charge in [-0.2, -0.15) is 5.10 Å². The lowest BCUT2D eigenvalue weighted by Crippen LogP contribution is -2.37. The standard InChI is InChI=1S/C8H15BN2O4/c1-14-8(15-2)4-6-11-7(9(12)13)3-5-10-11/h3,5,8,12-13H,4,6H2,1-2H3. The van der Waals surface area contributed by atoms with E-state index in [-0.39, 0.29) is 6.29 Å². The summed E-state index contributed by atoms with van der Waals surface area (Å²) in [5.74, 6) is 0. The molecule has 0 spiro atoms. The fourth-order valence-electron chi connectivity index (χ4n) is 1.31. The minimum absolute atomic E-state index is 0.308. The summed E-state index contributed by atoms with van der Waals surface area (Å²) in [5, 5.41) is 22.0. The lowest BCUT2D eigenvalue weighted by Gasteiger charge is -2.14. The SMILES string of the molecule is COC(CCn1nccc1B(O)O)OC. The van der Waals surface area contributed by atoms with E-state index in [1.165, 1.54) is 10.9 Å². The van der Waals surface area contributed by atoms with Gasteiger partial charge in [-0.15, -0.1) is 0 Å². The highest BCUT2D eigenvalue weighted by Gasteiger charge is 2.17. The van der Waals surface area contributed by atoms with Crippen LogP contribution in [0.1, 0.15) is 6.42 Å². The van der Waals surface area contributed by atoms with Gasteiger partial charge in [0, 0.05) is 33.4 Å². The molecule has 0 aliphatic heterocycles. The third-order valence-electron chi connectivity index (χ3n) is 2.12. The zero-order chi connectivity index (χ0) is 11.3. The summed E-state index contributed by atoms with van der Waals surface area (Å²) < 4.78 is 11.5. The maximum absolute atomic E-state index is 9.01. The van der Waals surface area contributed by atoms with Gasteiger partial charge in [0.1, 0.15) is 0 Å². The van der Waals surface area contributed by atoms with Gasteiger partial charge in [-0.3, -0.25) is 4.68 Å². The first kappa shape index (κ1) is 12.2. The third-order valence-corrected chi connectivity index (χ3v) is 2.12. The molecular formula is C8H15BN2O4. The van der Waals surface area contributed by atoms with Crippen molar-refractivity contribution in [1.82, 2.24) is 9.78 Å². The molecule has 0 aliphatic rings. The molecule has 0 radical (unpaired) electrons. The molecule has 0 bridgehead atoms. The predicted octanol–water partition coefficient (Wildman–Crippen LogP) is -1.43. The quantitative estimate of drug-likeness (QED) is 0.448. The van der Waals surface area contributed by atoms with E-state index in [0.717, 1.165) is 0 Å². The van der Waals surface area contributed by atoms with E-state index in [4.69, 9.17) is 19.5 Å². The molecule has 1 aromatic rings. The number of aryl methyl sites for hydroxylation is 1. The highest BCUT2D eigenvalue weighted by molar-refractivity contribution is 6.57. The number of hydrogen-bond acceptors (Lipinski definition) is 5. The van der Waals surface area contributed by atoms with Crippen molar-refractivity contribution in [2.24, 2.45) is 0 Å². The van der Waals surface area contributed by atoms with E-state index in [2.05, 4.69) is 5.10 Å². The molecule has 0 saturated carbocycles. The van der Waals surface area contributed by atoms with Gasteiger partial charge in [-0.05, 0) is 6.07 Å². The Morgan fingerprint density at radius 1 is 1.47 bits per heavy atom. The smallest absolute Gasteiger partial charge is 0.422 e. The Morgan fingerprint density at radius 3 is 2.67 bits per heavy atom. The minimum atomic E-state index is -1.50. The molecular weight excluding hydrogens is 199 g/mol. The lowest BCUT2D eigenvalue weighted by molar-refractivity contribution is -0.108. The van der Waals surface area contributed by atoms with Crippen LogP contribution in [0.25, 0.3) is 0 Å². The number of nitrogens with zero attached hydrogens (tertiary/aromatic N) is 2. The normalized spacial score (nSPS) is 11.0. The average Bonchev–Trinajstić information content (AvgIpc) is 2.67. The van der Waals surface area contributed by atoms with Gasteiger partial charge in [-0.25, -0.2) is 0 Å². The molecule has 1 heterocycles. The van der Waals surface area contributed by atoms with E-state index < -0.39 is 7.12 Å². The number of methoxy groups -OCH3 is 2. The molecule has 0 fully saturated rings. The molecule has 2 N–H and O–H groups in total. The van der Waals surface area contributed by atoms with Gasteiger partial charge in [0.25, 0.3) is 0 Å². The summed E-state index contributed by atoms with van der Waals surface area (Å²) in [7, 11) is 1.61. The third kappa shape index (κ3) is 3.31. The molecule has 6 nitrogen and oxygen atoms in total. The van der Waals surface area contributed by atoms with Crippen LogP contribution in [-0.4, -0.2) is 47.5 Å². The second kappa shape index (κ2) is 5.87. The summed E-state index contributed by atoms with van der Waals surface area (Å²) in [6.45, 7) is 0.506. The highest BCUT2D eigenvalue weighted by Crippen LogP contribution is 1.99. The number of aromatic nitrogens is 2. The Hall–Kier alpha value is -0.885. The topological polar surface area (TPSA) is 76.7 Å². The molecule has 0 unspecified atom stereocenters. The Balaban J connectivity index is 2.53. The first-order valence-electron chi connectivity index (χ1n) is 4.62. The van der Waals surface area contributed by atoms with E-state index in [1.54, 1.807) is 20.3 Å². The summed E-state index contributed by atoms with van der Waals surface area (Å²) >= 11 is 0. The van der Waals surface area contributed by atoms with E-state index >= 15 is 0 Å². The second-order valence-corrected chi connectivity index (χ2v) is 3.04. The molecule has 0 atom stereocenters. The van der Waals surface area contributed by atoms with Gasteiger partial charge >= 0.3 is 7.12 Å². The number of hydrogen-bond donors (Lipinski definition) is 2. The van der Waals surface area contributed by atoms with Crippen molar-refractivity contribution in [2.45, 2.75) is 19.3 Å². The molecule has 84 valence electrons. The summed E-state index contributed by atoms with van der Waals surface area (Å²) in [5.41, 5.74) is 0.362. The van der Waals surface area contributed by atoms with Crippen molar-refractivity contribution in [3.05, 3.63) is 12.3 Å². The predicted molar refractivity (Wildman–Crippen MR) is 54.5 cm³/mol. The fourth-order valence-corrected chi connectivity index (χ4v) is 1.31. The van der Waals surface area contributed by atoms with Crippen molar-refractivity contribution < 1.29 is 19.5 Å². The van der Waals surface area contributed by atoms with Crippen LogP contribution in [0.5, 0.6) is 0 Å². The Labute approximate surface area is 88.6 Å². The first-order chi connectivity index (χ1) is 7.19. The largest absolute Gasteiger partial charge is 0.507 e. The van der Waals surface area contributed by atoms with Crippen LogP contribution in [-0.2, 0) is 16.0 Å². The molecule has 1 aromatic heterocycles. The monoisotopic (exact) mass is 214 g/mol. The summed E-state index contributed by atoms with van der Waals surface area (Å²) in [4.78, 5) is 0.